The molecular weight excluding hydrogens is 510 g/mol. The van der Waals surface area contributed by atoms with Crippen LogP contribution in [0.2, 0.25) is 0 Å². The van der Waals surface area contributed by atoms with Crippen molar-refractivity contribution in [1.29, 1.82) is 5.26 Å². The van der Waals surface area contributed by atoms with E-state index in [0.29, 0.717) is 15.7 Å². The predicted octanol–water partition coefficient (Wildman–Crippen LogP) is 4.11. The molecule has 0 fully saturated rings. The van der Waals surface area contributed by atoms with Crippen LogP contribution in [0.25, 0.3) is 5.69 Å². The van der Waals surface area contributed by atoms with Crippen LogP contribution in [0.5, 0.6) is 0 Å². The van der Waals surface area contributed by atoms with E-state index in [2.05, 4.69) is 63.1 Å². The van der Waals surface area contributed by atoms with E-state index in [0.717, 1.165) is 22.6 Å². The summed E-state index contributed by atoms with van der Waals surface area (Å²) in [5, 5.41) is 13.6. The molecule has 2 heterocycles. The van der Waals surface area contributed by atoms with Gasteiger partial charge in [-0.2, -0.15) is 10.4 Å². The molecule has 1 amide bonds. The summed E-state index contributed by atoms with van der Waals surface area (Å²) in [6.07, 6.45) is 1.59. The lowest BCUT2D eigenvalue weighted by Gasteiger charge is -2.15. The smallest absolute Gasteiger partial charge is 0.269 e. The van der Waals surface area contributed by atoms with Crippen molar-refractivity contribution < 1.29 is 9.53 Å². The van der Waals surface area contributed by atoms with Gasteiger partial charge in [0.15, 0.2) is 0 Å². The Hall–Kier alpha value is -3.48. The Bertz CT molecular complexity index is 1430. The average Bonchev–Trinajstić information content (AvgIpc) is 3.10. The Morgan fingerprint density at radius 3 is 2.51 bits per heavy atom. The van der Waals surface area contributed by atoms with E-state index >= 15 is 0 Å². The molecule has 0 bridgehead atoms. The number of carbonyl (C=O) groups is 1. The Kier molecular flexibility index (Phi) is 8.10. The first-order valence-corrected chi connectivity index (χ1v) is 11.8. The molecule has 0 saturated heterocycles. The van der Waals surface area contributed by atoms with Gasteiger partial charge in [-0.05, 0) is 79.9 Å². The number of benzene rings is 1. The normalized spacial score (nSPS) is 11.1. The van der Waals surface area contributed by atoms with Crippen LogP contribution in [0.3, 0.4) is 0 Å². The van der Waals surface area contributed by atoms with E-state index < -0.39 is 11.5 Å². The molecule has 0 spiro atoms. The first-order valence-electron chi connectivity index (χ1n) is 11.0. The fraction of sp³-hybridized carbons (Fsp3) is 0.308. The third-order valence-electron chi connectivity index (χ3n) is 6.06. The van der Waals surface area contributed by atoms with Crippen LogP contribution in [0, 0.1) is 45.9 Å². The molecule has 182 valence electrons. The van der Waals surface area contributed by atoms with Crippen molar-refractivity contribution in [3.8, 4) is 11.8 Å². The number of amides is 1. The zero-order valence-corrected chi connectivity index (χ0v) is 22.3. The Morgan fingerprint density at radius 1 is 1.17 bits per heavy atom. The molecule has 3 rings (SSSR count). The summed E-state index contributed by atoms with van der Waals surface area (Å²) in [5.74, 6) is -0.482. The summed E-state index contributed by atoms with van der Waals surface area (Å²) in [4.78, 5) is 25.4. The maximum Gasteiger partial charge on any atom is 0.269 e. The third kappa shape index (κ3) is 5.29. The summed E-state index contributed by atoms with van der Waals surface area (Å²) in [6, 6.07) is 10.2. The van der Waals surface area contributed by atoms with E-state index in [1.54, 1.807) is 13.1 Å². The largest absolute Gasteiger partial charge is 0.380 e. The van der Waals surface area contributed by atoms with Gasteiger partial charge in [-0.15, -0.1) is 0 Å². The van der Waals surface area contributed by atoms with Crippen molar-refractivity contribution >= 4 is 28.1 Å². The zero-order chi connectivity index (χ0) is 25.9. The van der Waals surface area contributed by atoms with Crippen molar-refractivity contribution in [3.63, 3.8) is 0 Å². The topological polar surface area (TPSA) is 101 Å². The van der Waals surface area contributed by atoms with Crippen molar-refractivity contribution in [3.05, 3.63) is 84.0 Å². The highest BCUT2D eigenvalue weighted by molar-refractivity contribution is 9.10. The van der Waals surface area contributed by atoms with Crippen molar-refractivity contribution in [2.75, 3.05) is 7.11 Å². The molecule has 0 aliphatic carbocycles. The van der Waals surface area contributed by atoms with Gasteiger partial charge in [-0.25, -0.2) is 5.43 Å². The third-order valence-corrected chi connectivity index (χ3v) is 7.11. The number of nitrogens with one attached hydrogen (secondary N) is 1. The number of halogens is 1. The number of pyridine rings is 1. The molecule has 0 aliphatic rings. The fourth-order valence-corrected chi connectivity index (χ4v) is 4.51. The van der Waals surface area contributed by atoms with Crippen LogP contribution in [0.4, 0.5) is 0 Å². The number of aromatic nitrogens is 2. The van der Waals surface area contributed by atoms with Crippen molar-refractivity contribution in [2.24, 2.45) is 5.10 Å². The molecular formula is C26H28BrN5O3. The number of ether oxygens (including phenoxy) is 1. The Balaban J connectivity index is 1.80. The minimum absolute atomic E-state index is 0.0561. The Morgan fingerprint density at radius 2 is 1.89 bits per heavy atom. The van der Waals surface area contributed by atoms with Crippen LogP contribution < -0.4 is 11.0 Å². The number of aryl methyl sites for hydroxylation is 3. The average molecular weight is 538 g/mol. The lowest BCUT2D eigenvalue weighted by atomic mass is 10.1. The molecule has 0 aliphatic heterocycles. The zero-order valence-electron chi connectivity index (χ0n) is 20.7. The minimum Gasteiger partial charge on any atom is -0.380 e. The highest BCUT2D eigenvalue weighted by Gasteiger charge is 2.19. The molecule has 9 heteroatoms. The second-order valence-electron chi connectivity index (χ2n) is 8.41. The maximum absolute atomic E-state index is 12.8. The van der Waals surface area contributed by atoms with E-state index in [9.17, 15) is 14.9 Å². The van der Waals surface area contributed by atoms with Gasteiger partial charge in [0, 0.05) is 45.5 Å². The van der Waals surface area contributed by atoms with Crippen LogP contribution in [0.1, 0.15) is 44.9 Å². The first-order chi connectivity index (χ1) is 16.6. The molecule has 8 nitrogen and oxygen atoms in total. The van der Waals surface area contributed by atoms with Gasteiger partial charge >= 0.3 is 0 Å². The summed E-state index contributed by atoms with van der Waals surface area (Å²) >= 11 is 3.42. The number of hydrogen-bond acceptors (Lipinski definition) is 5. The maximum atomic E-state index is 12.8. The van der Waals surface area contributed by atoms with E-state index in [4.69, 9.17) is 4.74 Å². The highest BCUT2D eigenvalue weighted by atomic mass is 79.9. The molecule has 0 saturated carbocycles. The molecule has 0 atom stereocenters. The van der Waals surface area contributed by atoms with Gasteiger partial charge in [-0.1, -0.05) is 6.07 Å². The number of hydrogen-bond donors (Lipinski definition) is 1. The van der Waals surface area contributed by atoms with Crippen LogP contribution >= 0.6 is 15.9 Å². The quantitative estimate of drug-likeness (QED) is 0.361. The van der Waals surface area contributed by atoms with Crippen molar-refractivity contribution in [2.45, 2.75) is 47.8 Å². The molecule has 3 aromatic rings. The minimum atomic E-state index is -0.545. The molecule has 1 N–H and O–H groups in total. The van der Waals surface area contributed by atoms with Gasteiger partial charge in [0.05, 0.1) is 12.8 Å². The standard InChI is InChI=1S/C26H28BrN5O3/c1-15-7-8-21(9-16(15)2)32-17(3)10-20(18(32)4)12-29-30-24(33)13-31-19(5)25(27)23(14-35-6)22(11-28)26(31)34/h7-10,12H,13-14H2,1-6H3,(H,30,33)/b29-12+. The van der Waals surface area contributed by atoms with E-state index in [-0.39, 0.29) is 18.7 Å². The van der Waals surface area contributed by atoms with Gasteiger partial charge in [0.1, 0.15) is 18.2 Å². The van der Waals surface area contributed by atoms with E-state index in [1.165, 1.54) is 22.8 Å². The first kappa shape index (κ1) is 26.1. The number of methoxy groups -OCH3 is 1. The molecule has 1 aromatic carbocycles. The lowest BCUT2D eigenvalue weighted by molar-refractivity contribution is -0.121. The molecule has 0 radical (unpaired) electrons. The number of rotatable bonds is 7. The van der Waals surface area contributed by atoms with Gasteiger partial charge < -0.3 is 13.9 Å². The SMILES string of the molecule is COCc1c(Br)c(C)n(CC(=O)N/N=C/c2cc(C)n(-c3ccc(C)c(C)c3)c2C)c(=O)c1C#N. The van der Waals surface area contributed by atoms with Gasteiger partial charge in [-0.3, -0.25) is 9.59 Å². The Labute approximate surface area is 213 Å². The summed E-state index contributed by atoms with van der Waals surface area (Å²) in [5.41, 5.74) is 9.29. The number of carbonyl (C=O) groups excluding carboxylic acids is 1. The molecule has 0 unspecified atom stereocenters. The monoisotopic (exact) mass is 537 g/mol. The molecule has 2 aromatic heterocycles. The second-order valence-corrected chi connectivity index (χ2v) is 9.21. The van der Waals surface area contributed by atoms with Crippen molar-refractivity contribution in [1.82, 2.24) is 14.6 Å². The van der Waals surface area contributed by atoms with Crippen LogP contribution in [-0.4, -0.2) is 28.4 Å². The van der Waals surface area contributed by atoms with Crippen LogP contribution in [0.15, 0.2) is 38.6 Å². The van der Waals surface area contributed by atoms with E-state index in [1.807, 2.05) is 26.0 Å². The fourth-order valence-electron chi connectivity index (χ4n) is 3.98. The van der Waals surface area contributed by atoms with Gasteiger partial charge in [0.25, 0.3) is 11.5 Å². The predicted molar refractivity (Wildman–Crippen MR) is 139 cm³/mol. The second kappa shape index (κ2) is 10.8. The van der Waals surface area contributed by atoms with Gasteiger partial charge in [0.2, 0.25) is 0 Å². The lowest BCUT2D eigenvalue weighted by Crippen LogP contribution is -2.33. The summed E-state index contributed by atoms with van der Waals surface area (Å²) < 4.78 is 9.06. The number of hydrazone groups is 1. The summed E-state index contributed by atoms with van der Waals surface area (Å²) in [6.45, 7) is 9.72. The highest BCUT2D eigenvalue weighted by Crippen LogP contribution is 2.24. The van der Waals surface area contributed by atoms with Crippen LogP contribution in [-0.2, 0) is 22.7 Å². The summed E-state index contributed by atoms with van der Waals surface area (Å²) in [7, 11) is 1.49. The number of nitriles is 1. The molecule has 35 heavy (non-hydrogen) atoms. The number of nitrogens with zero attached hydrogens (tertiary/aromatic N) is 4.